The number of aromatic nitrogens is 1. The topological polar surface area (TPSA) is 57.4 Å². The first kappa shape index (κ1) is 13.9. The number of hydrogen-bond donors (Lipinski definition) is 1. The van der Waals surface area contributed by atoms with Crippen LogP contribution in [0.25, 0.3) is 0 Å². The molecule has 0 aliphatic heterocycles. The van der Waals surface area contributed by atoms with Crippen LogP contribution >= 0.6 is 0 Å². The molecular formula is C13H22N2O2. The molecule has 4 heteroatoms. The highest BCUT2D eigenvalue weighted by Gasteiger charge is 2.13. The van der Waals surface area contributed by atoms with E-state index in [-0.39, 0.29) is 6.04 Å². The maximum Gasteiger partial charge on any atom is 0.212 e. The Balaban J connectivity index is 2.46. The van der Waals surface area contributed by atoms with E-state index in [2.05, 4.69) is 11.9 Å². The molecule has 0 aliphatic rings. The summed E-state index contributed by atoms with van der Waals surface area (Å²) in [6.45, 7) is 2.91. The Kier molecular flexibility index (Phi) is 5.94. The summed E-state index contributed by atoms with van der Waals surface area (Å²) >= 11 is 0. The molecule has 17 heavy (non-hydrogen) atoms. The Morgan fingerprint density at radius 2 is 2.12 bits per heavy atom. The molecule has 0 aliphatic carbocycles. The molecule has 0 bridgehead atoms. The lowest BCUT2D eigenvalue weighted by Gasteiger charge is -2.19. The van der Waals surface area contributed by atoms with Crippen molar-refractivity contribution in [2.75, 3.05) is 20.8 Å². The smallest absolute Gasteiger partial charge is 0.212 e. The lowest BCUT2D eigenvalue weighted by atomic mass is 9.94. The van der Waals surface area contributed by atoms with Crippen LogP contribution in [0.4, 0.5) is 0 Å². The molecule has 0 amide bonds. The second-order valence-corrected chi connectivity index (χ2v) is 4.34. The number of methoxy groups -OCH3 is 2. The van der Waals surface area contributed by atoms with Crippen LogP contribution in [0.3, 0.4) is 0 Å². The highest BCUT2D eigenvalue weighted by atomic mass is 16.5. The van der Waals surface area contributed by atoms with Gasteiger partial charge >= 0.3 is 0 Å². The van der Waals surface area contributed by atoms with Crippen molar-refractivity contribution in [1.29, 1.82) is 0 Å². The second kappa shape index (κ2) is 7.25. The van der Waals surface area contributed by atoms with Crippen LogP contribution in [-0.2, 0) is 11.2 Å². The zero-order chi connectivity index (χ0) is 12.7. The molecule has 4 nitrogen and oxygen atoms in total. The van der Waals surface area contributed by atoms with Crippen LogP contribution in [0.15, 0.2) is 18.3 Å². The summed E-state index contributed by atoms with van der Waals surface area (Å²) in [5.41, 5.74) is 7.29. The second-order valence-electron chi connectivity index (χ2n) is 4.34. The number of ether oxygens (including phenoxy) is 2. The Bertz CT molecular complexity index is 314. The van der Waals surface area contributed by atoms with Gasteiger partial charge in [0.1, 0.15) is 0 Å². The Morgan fingerprint density at radius 1 is 1.35 bits per heavy atom. The van der Waals surface area contributed by atoms with Gasteiger partial charge in [-0.25, -0.2) is 4.98 Å². The Hall–Kier alpha value is -1.13. The SMILES string of the molecule is COCCC(C)C(N)Cc1ccc(OC)nc1. The van der Waals surface area contributed by atoms with E-state index in [0.717, 1.165) is 25.0 Å². The van der Waals surface area contributed by atoms with Gasteiger partial charge in [0.05, 0.1) is 7.11 Å². The van der Waals surface area contributed by atoms with Crippen molar-refractivity contribution in [3.05, 3.63) is 23.9 Å². The highest BCUT2D eigenvalue weighted by molar-refractivity contribution is 5.18. The number of rotatable bonds is 7. The van der Waals surface area contributed by atoms with E-state index in [9.17, 15) is 0 Å². The maximum absolute atomic E-state index is 6.15. The molecule has 0 saturated carbocycles. The molecule has 1 aromatic rings. The van der Waals surface area contributed by atoms with E-state index in [4.69, 9.17) is 15.2 Å². The summed E-state index contributed by atoms with van der Waals surface area (Å²) in [6.07, 6.45) is 3.64. The van der Waals surface area contributed by atoms with E-state index < -0.39 is 0 Å². The fraction of sp³-hybridized carbons (Fsp3) is 0.615. The maximum atomic E-state index is 6.15. The monoisotopic (exact) mass is 238 g/mol. The van der Waals surface area contributed by atoms with Gasteiger partial charge in [-0.3, -0.25) is 0 Å². The van der Waals surface area contributed by atoms with E-state index in [0.29, 0.717) is 11.8 Å². The summed E-state index contributed by atoms with van der Waals surface area (Å²) in [5, 5.41) is 0. The summed E-state index contributed by atoms with van der Waals surface area (Å²) in [6, 6.07) is 4.01. The molecule has 96 valence electrons. The van der Waals surface area contributed by atoms with Gasteiger partial charge in [-0.1, -0.05) is 13.0 Å². The van der Waals surface area contributed by atoms with Gasteiger partial charge in [-0.05, 0) is 24.3 Å². The molecule has 1 rings (SSSR count). The molecule has 0 spiro atoms. The van der Waals surface area contributed by atoms with Crippen LogP contribution < -0.4 is 10.5 Å². The van der Waals surface area contributed by atoms with Crippen LogP contribution in [0.5, 0.6) is 5.88 Å². The van der Waals surface area contributed by atoms with E-state index in [1.807, 2.05) is 18.3 Å². The quantitative estimate of drug-likeness (QED) is 0.784. The number of hydrogen-bond acceptors (Lipinski definition) is 4. The first-order chi connectivity index (χ1) is 8.17. The standard InChI is InChI=1S/C13H22N2O2/c1-10(6-7-16-2)12(14)8-11-4-5-13(17-3)15-9-11/h4-5,9-10,12H,6-8,14H2,1-3H3. The van der Waals surface area contributed by atoms with Crippen LogP contribution in [0.2, 0.25) is 0 Å². The summed E-state index contributed by atoms with van der Waals surface area (Å²) < 4.78 is 10.1. The molecule has 1 aromatic heterocycles. The molecule has 2 N–H and O–H groups in total. The third kappa shape index (κ3) is 4.71. The van der Waals surface area contributed by atoms with Crippen LogP contribution in [-0.4, -0.2) is 31.9 Å². The fourth-order valence-corrected chi connectivity index (χ4v) is 1.64. The number of nitrogens with zero attached hydrogens (tertiary/aromatic N) is 1. The van der Waals surface area contributed by atoms with E-state index in [1.165, 1.54) is 0 Å². The third-order valence-corrected chi connectivity index (χ3v) is 2.99. The van der Waals surface area contributed by atoms with E-state index >= 15 is 0 Å². The van der Waals surface area contributed by atoms with Gasteiger partial charge in [0.25, 0.3) is 0 Å². The molecule has 1 heterocycles. The Labute approximate surface area is 103 Å². The minimum absolute atomic E-state index is 0.139. The molecule has 0 fully saturated rings. The zero-order valence-corrected chi connectivity index (χ0v) is 10.8. The minimum Gasteiger partial charge on any atom is -0.481 e. The molecule has 0 aromatic carbocycles. The lowest BCUT2D eigenvalue weighted by Crippen LogP contribution is -2.31. The number of nitrogens with two attached hydrogens (primary N) is 1. The average Bonchev–Trinajstić information content (AvgIpc) is 2.36. The van der Waals surface area contributed by atoms with Crippen molar-refractivity contribution in [2.45, 2.75) is 25.8 Å². The fourth-order valence-electron chi connectivity index (χ4n) is 1.64. The first-order valence-corrected chi connectivity index (χ1v) is 5.90. The van der Waals surface area contributed by atoms with Crippen LogP contribution in [0.1, 0.15) is 18.9 Å². The average molecular weight is 238 g/mol. The minimum atomic E-state index is 0.139. The van der Waals surface area contributed by atoms with Gasteiger partial charge in [0, 0.05) is 32.0 Å². The Morgan fingerprint density at radius 3 is 2.65 bits per heavy atom. The van der Waals surface area contributed by atoms with Crippen molar-refractivity contribution in [2.24, 2.45) is 11.7 Å². The van der Waals surface area contributed by atoms with E-state index in [1.54, 1.807) is 14.2 Å². The third-order valence-electron chi connectivity index (χ3n) is 2.99. The van der Waals surface area contributed by atoms with Crippen molar-refractivity contribution in [3.63, 3.8) is 0 Å². The summed E-state index contributed by atoms with van der Waals surface area (Å²) in [4.78, 5) is 4.17. The molecule has 2 atom stereocenters. The van der Waals surface area contributed by atoms with Crippen LogP contribution in [0, 0.1) is 5.92 Å². The molecule has 0 saturated heterocycles. The highest BCUT2D eigenvalue weighted by Crippen LogP contribution is 2.13. The van der Waals surface area contributed by atoms with Gasteiger partial charge in [-0.2, -0.15) is 0 Å². The molecule has 2 unspecified atom stereocenters. The van der Waals surface area contributed by atoms with Crippen molar-refractivity contribution in [3.8, 4) is 5.88 Å². The van der Waals surface area contributed by atoms with Gasteiger partial charge in [-0.15, -0.1) is 0 Å². The van der Waals surface area contributed by atoms with Crippen molar-refractivity contribution < 1.29 is 9.47 Å². The van der Waals surface area contributed by atoms with Crippen molar-refractivity contribution >= 4 is 0 Å². The number of pyridine rings is 1. The first-order valence-electron chi connectivity index (χ1n) is 5.90. The van der Waals surface area contributed by atoms with Gasteiger partial charge in [0.15, 0.2) is 0 Å². The normalized spacial score (nSPS) is 14.4. The zero-order valence-electron chi connectivity index (χ0n) is 10.8. The predicted octanol–water partition coefficient (Wildman–Crippen LogP) is 1.63. The van der Waals surface area contributed by atoms with Gasteiger partial charge < -0.3 is 15.2 Å². The van der Waals surface area contributed by atoms with Crippen molar-refractivity contribution in [1.82, 2.24) is 4.98 Å². The largest absolute Gasteiger partial charge is 0.481 e. The summed E-state index contributed by atoms with van der Waals surface area (Å²) in [7, 11) is 3.33. The van der Waals surface area contributed by atoms with Gasteiger partial charge in [0.2, 0.25) is 5.88 Å². The molecular weight excluding hydrogens is 216 g/mol. The molecule has 0 radical (unpaired) electrons. The predicted molar refractivity (Wildman–Crippen MR) is 68.1 cm³/mol. The lowest BCUT2D eigenvalue weighted by molar-refractivity contribution is 0.174. The summed E-state index contributed by atoms with van der Waals surface area (Å²) in [5.74, 6) is 1.08.